The molecule has 1 heterocycles. The molecule has 0 bridgehead atoms. The van der Waals surface area contributed by atoms with Gasteiger partial charge in [0, 0.05) is 23.1 Å². The van der Waals surface area contributed by atoms with Crippen LogP contribution in [0.4, 0.5) is 0 Å². The molecule has 1 rings (SSSR count). The molecule has 1 saturated heterocycles. The lowest BCUT2D eigenvalue weighted by molar-refractivity contribution is -0.142. The van der Waals surface area contributed by atoms with Crippen LogP contribution in [0.25, 0.3) is 0 Å². The summed E-state index contributed by atoms with van der Waals surface area (Å²) in [6.45, 7) is 1.99. The summed E-state index contributed by atoms with van der Waals surface area (Å²) in [6, 6.07) is -0.226. The standard InChI is InChI=1S/C9H18N2O2S/c1-2-3-5(9(12)13)8-7(11)6(10)4-14-8/h5-8H,2-4,10-11H2,1H3,(H,12,13). The van der Waals surface area contributed by atoms with Crippen LogP contribution in [0.15, 0.2) is 0 Å². The fourth-order valence-electron chi connectivity index (χ4n) is 1.81. The van der Waals surface area contributed by atoms with Crippen molar-refractivity contribution in [3.05, 3.63) is 0 Å². The average molecular weight is 218 g/mol. The van der Waals surface area contributed by atoms with Crippen molar-refractivity contribution in [2.45, 2.75) is 37.1 Å². The van der Waals surface area contributed by atoms with E-state index in [9.17, 15) is 4.79 Å². The molecular formula is C9H18N2O2S. The molecule has 4 nitrogen and oxygen atoms in total. The minimum Gasteiger partial charge on any atom is -0.481 e. The van der Waals surface area contributed by atoms with Gasteiger partial charge in [-0.2, -0.15) is 11.8 Å². The zero-order valence-corrected chi connectivity index (χ0v) is 9.17. The Morgan fingerprint density at radius 3 is 2.64 bits per heavy atom. The number of nitrogens with two attached hydrogens (primary N) is 2. The predicted octanol–water partition coefficient (Wildman–Crippen LogP) is 0.257. The molecule has 0 saturated carbocycles. The van der Waals surface area contributed by atoms with Gasteiger partial charge in [0.05, 0.1) is 5.92 Å². The van der Waals surface area contributed by atoms with Crippen LogP contribution in [0.1, 0.15) is 19.8 Å². The number of carboxylic acids is 1. The highest BCUT2D eigenvalue weighted by Gasteiger charge is 2.39. The van der Waals surface area contributed by atoms with E-state index in [0.717, 1.165) is 12.2 Å². The van der Waals surface area contributed by atoms with Gasteiger partial charge in [-0.25, -0.2) is 0 Å². The molecule has 0 spiro atoms. The third kappa shape index (κ3) is 2.40. The molecule has 14 heavy (non-hydrogen) atoms. The van der Waals surface area contributed by atoms with E-state index in [-0.39, 0.29) is 23.3 Å². The van der Waals surface area contributed by atoms with Crippen molar-refractivity contribution in [2.24, 2.45) is 17.4 Å². The van der Waals surface area contributed by atoms with Crippen LogP contribution in [-0.2, 0) is 4.79 Å². The Bertz CT molecular complexity index is 213. The van der Waals surface area contributed by atoms with E-state index in [4.69, 9.17) is 16.6 Å². The number of rotatable bonds is 4. The highest BCUT2D eigenvalue weighted by Crippen LogP contribution is 2.33. The monoisotopic (exact) mass is 218 g/mol. The molecule has 1 aliphatic heterocycles. The summed E-state index contributed by atoms with van der Waals surface area (Å²) >= 11 is 1.60. The third-order valence-electron chi connectivity index (χ3n) is 2.67. The lowest BCUT2D eigenvalue weighted by atomic mass is 9.93. The van der Waals surface area contributed by atoms with Crippen LogP contribution >= 0.6 is 11.8 Å². The molecule has 5 heteroatoms. The second kappa shape index (κ2) is 5.00. The quantitative estimate of drug-likeness (QED) is 0.629. The first-order valence-electron chi connectivity index (χ1n) is 4.93. The zero-order chi connectivity index (χ0) is 10.7. The van der Waals surface area contributed by atoms with E-state index in [1.807, 2.05) is 6.92 Å². The van der Waals surface area contributed by atoms with E-state index in [1.54, 1.807) is 11.8 Å². The maximum absolute atomic E-state index is 11.0. The molecule has 1 aliphatic rings. The first-order chi connectivity index (χ1) is 6.57. The Kier molecular flexibility index (Phi) is 4.22. The largest absolute Gasteiger partial charge is 0.481 e. The van der Waals surface area contributed by atoms with Crippen LogP contribution in [0.3, 0.4) is 0 Å². The van der Waals surface area contributed by atoms with Crippen molar-refractivity contribution in [1.29, 1.82) is 0 Å². The van der Waals surface area contributed by atoms with Crippen LogP contribution < -0.4 is 11.5 Å². The Balaban J connectivity index is 2.64. The lowest BCUT2D eigenvalue weighted by Gasteiger charge is -2.23. The van der Waals surface area contributed by atoms with Crippen molar-refractivity contribution in [3.63, 3.8) is 0 Å². The van der Waals surface area contributed by atoms with Crippen molar-refractivity contribution in [3.8, 4) is 0 Å². The summed E-state index contributed by atoms with van der Waals surface area (Å²) in [5.74, 6) is -0.304. The Hall–Kier alpha value is -0.260. The summed E-state index contributed by atoms with van der Waals surface area (Å²) in [4.78, 5) is 11.0. The van der Waals surface area contributed by atoms with Crippen molar-refractivity contribution in [2.75, 3.05) is 5.75 Å². The number of aliphatic carboxylic acids is 1. The normalized spacial score (nSPS) is 34.4. The minimum atomic E-state index is -0.742. The summed E-state index contributed by atoms with van der Waals surface area (Å²) in [5.41, 5.74) is 11.6. The second-order valence-corrected chi connectivity index (χ2v) is 4.98. The number of carbonyl (C=O) groups is 1. The SMILES string of the molecule is CCCC(C(=O)O)C1SCC(N)C1N. The smallest absolute Gasteiger partial charge is 0.307 e. The average Bonchev–Trinajstić information content (AvgIpc) is 2.44. The molecule has 82 valence electrons. The van der Waals surface area contributed by atoms with Gasteiger partial charge in [-0.05, 0) is 6.42 Å². The van der Waals surface area contributed by atoms with Gasteiger partial charge in [-0.1, -0.05) is 13.3 Å². The van der Waals surface area contributed by atoms with Crippen LogP contribution in [0.5, 0.6) is 0 Å². The number of thioether (sulfide) groups is 1. The summed E-state index contributed by atoms with van der Waals surface area (Å²) in [5, 5.41) is 9.05. The number of hydrogen-bond acceptors (Lipinski definition) is 4. The molecule has 0 amide bonds. The number of hydrogen-bond donors (Lipinski definition) is 3. The van der Waals surface area contributed by atoms with E-state index < -0.39 is 5.97 Å². The Morgan fingerprint density at radius 1 is 1.64 bits per heavy atom. The van der Waals surface area contributed by atoms with Gasteiger partial charge in [0.15, 0.2) is 0 Å². The highest BCUT2D eigenvalue weighted by molar-refractivity contribution is 8.00. The third-order valence-corrected chi connectivity index (χ3v) is 4.27. The van der Waals surface area contributed by atoms with Crippen LogP contribution in [0, 0.1) is 5.92 Å². The van der Waals surface area contributed by atoms with Gasteiger partial charge in [0.1, 0.15) is 0 Å². The van der Waals surface area contributed by atoms with Crippen molar-refractivity contribution < 1.29 is 9.90 Å². The van der Waals surface area contributed by atoms with E-state index in [2.05, 4.69) is 0 Å². The first kappa shape index (κ1) is 11.8. The topological polar surface area (TPSA) is 89.3 Å². The zero-order valence-electron chi connectivity index (χ0n) is 8.35. The number of carboxylic acid groups (broad SMARTS) is 1. The van der Waals surface area contributed by atoms with Gasteiger partial charge in [-0.15, -0.1) is 0 Å². The van der Waals surface area contributed by atoms with E-state index >= 15 is 0 Å². The van der Waals surface area contributed by atoms with Gasteiger partial charge in [-0.3, -0.25) is 4.79 Å². The van der Waals surface area contributed by atoms with Crippen LogP contribution in [-0.4, -0.2) is 34.2 Å². The molecule has 4 unspecified atom stereocenters. The first-order valence-corrected chi connectivity index (χ1v) is 5.98. The molecule has 1 fully saturated rings. The molecule has 0 aliphatic carbocycles. The van der Waals surface area contributed by atoms with Crippen LogP contribution in [0.2, 0.25) is 0 Å². The fourth-order valence-corrected chi connectivity index (χ4v) is 3.39. The molecule has 0 aromatic heterocycles. The molecular weight excluding hydrogens is 200 g/mol. The van der Waals surface area contributed by atoms with Gasteiger partial charge >= 0.3 is 5.97 Å². The Morgan fingerprint density at radius 2 is 2.29 bits per heavy atom. The van der Waals surface area contributed by atoms with Crippen molar-refractivity contribution in [1.82, 2.24) is 0 Å². The van der Waals surface area contributed by atoms with E-state index in [0.29, 0.717) is 6.42 Å². The van der Waals surface area contributed by atoms with Gasteiger partial charge < -0.3 is 16.6 Å². The summed E-state index contributed by atoms with van der Waals surface area (Å²) in [6.07, 6.45) is 1.56. The molecule has 0 radical (unpaired) electrons. The molecule has 5 N–H and O–H groups in total. The van der Waals surface area contributed by atoms with Gasteiger partial charge in [0.2, 0.25) is 0 Å². The lowest BCUT2D eigenvalue weighted by Crippen LogP contribution is -2.47. The second-order valence-electron chi connectivity index (χ2n) is 3.77. The summed E-state index contributed by atoms with van der Waals surface area (Å²) < 4.78 is 0. The minimum absolute atomic E-state index is 0.0116. The molecule has 0 aromatic rings. The Labute approximate surface area is 88.4 Å². The summed E-state index contributed by atoms with van der Waals surface area (Å²) in [7, 11) is 0. The maximum Gasteiger partial charge on any atom is 0.307 e. The molecule has 0 aromatic carbocycles. The predicted molar refractivity (Wildman–Crippen MR) is 58.2 cm³/mol. The fraction of sp³-hybridized carbons (Fsp3) is 0.889. The van der Waals surface area contributed by atoms with Crippen molar-refractivity contribution >= 4 is 17.7 Å². The highest BCUT2D eigenvalue weighted by atomic mass is 32.2. The van der Waals surface area contributed by atoms with Gasteiger partial charge in [0.25, 0.3) is 0 Å². The maximum atomic E-state index is 11.0. The van der Waals surface area contributed by atoms with E-state index in [1.165, 1.54) is 0 Å². The molecule has 4 atom stereocenters.